The molecule has 1 aromatic carbocycles. The van der Waals surface area contributed by atoms with E-state index in [1.807, 2.05) is 13.0 Å². The molecule has 0 aliphatic carbocycles. The van der Waals surface area contributed by atoms with Crippen molar-refractivity contribution in [2.24, 2.45) is 5.41 Å². The molecule has 0 atom stereocenters. The molecular weight excluding hydrogens is 370 g/mol. The lowest BCUT2D eigenvalue weighted by molar-refractivity contribution is 0.318. The first-order valence-corrected chi connectivity index (χ1v) is 8.29. The SMILES string of the molecule is CCOc1c(Br)cc(Br)cc1CNCC(C)(C)CC. The van der Waals surface area contributed by atoms with Gasteiger partial charge < -0.3 is 10.1 Å². The summed E-state index contributed by atoms with van der Waals surface area (Å²) in [7, 11) is 0. The first-order chi connectivity index (χ1) is 8.89. The van der Waals surface area contributed by atoms with Gasteiger partial charge >= 0.3 is 0 Å². The van der Waals surface area contributed by atoms with Crippen molar-refractivity contribution in [3.8, 4) is 5.75 Å². The Morgan fingerprint density at radius 2 is 1.89 bits per heavy atom. The van der Waals surface area contributed by atoms with Crippen molar-refractivity contribution in [3.63, 3.8) is 0 Å². The van der Waals surface area contributed by atoms with Gasteiger partial charge in [-0.05, 0) is 46.8 Å². The fourth-order valence-electron chi connectivity index (χ4n) is 1.71. The summed E-state index contributed by atoms with van der Waals surface area (Å²) in [6, 6.07) is 4.13. The van der Waals surface area contributed by atoms with E-state index in [2.05, 4.69) is 64.0 Å². The summed E-state index contributed by atoms with van der Waals surface area (Å²) in [6.45, 7) is 11.3. The van der Waals surface area contributed by atoms with Gasteiger partial charge in [-0.1, -0.05) is 36.7 Å². The van der Waals surface area contributed by atoms with E-state index in [1.165, 1.54) is 12.0 Å². The molecule has 0 spiro atoms. The predicted octanol–water partition coefficient (Wildman–Crippen LogP) is 5.14. The quantitative estimate of drug-likeness (QED) is 0.693. The Balaban J connectivity index is 2.76. The van der Waals surface area contributed by atoms with Gasteiger partial charge in [-0.2, -0.15) is 0 Å². The highest BCUT2D eigenvalue weighted by atomic mass is 79.9. The van der Waals surface area contributed by atoms with Crippen LogP contribution in [-0.4, -0.2) is 13.2 Å². The molecule has 0 unspecified atom stereocenters. The molecule has 0 fully saturated rings. The Bertz CT molecular complexity index is 419. The minimum absolute atomic E-state index is 0.328. The first kappa shape index (κ1) is 17.0. The van der Waals surface area contributed by atoms with Gasteiger partial charge in [0.2, 0.25) is 0 Å². The van der Waals surface area contributed by atoms with Crippen LogP contribution in [0.4, 0.5) is 0 Å². The molecule has 0 heterocycles. The van der Waals surface area contributed by atoms with Crippen LogP contribution in [0.3, 0.4) is 0 Å². The van der Waals surface area contributed by atoms with Gasteiger partial charge in [0, 0.05) is 23.1 Å². The molecule has 0 saturated heterocycles. The third kappa shape index (κ3) is 5.44. The summed E-state index contributed by atoms with van der Waals surface area (Å²) >= 11 is 7.09. The summed E-state index contributed by atoms with van der Waals surface area (Å²) in [5.74, 6) is 0.938. The van der Waals surface area contributed by atoms with Crippen LogP contribution >= 0.6 is 31.9 Å². The van der Waals surface area contributed by atoms with Crippen molar-refractivity contribution in [2.75, 3.05) is 13.2 Å². The second-order valence-corrected chi connectivity index (χ2v) is 7.20. The van der Waals surface area contributed by atoms with E-state index in [1.54, 1.807) is 0 Å². The normalized spacial score (nSPS) is 11.7. The Hall–Kier alpha value is -0.0600. The topological polar surface area (TPSA) is 21.3 Å². The second kappa shape index (κ2) is 7.65. The molecule has 2 nitrogen and oxygen atoms in total. The van der Waals surface area contributed by atoms with Gasteiger partial charge in [0.05, 0.1) is 11.1 Å². The molecule has 0 aromatic heterocycles. The van der Waals surface area contributed by atoms with Crippen LogP contribution in [0.1, 0.15) is 39.7 Å². The van der Waals surface area contributed by atoms with Crippen molar-refractivity contribution in [3.05, 3.63) is 26.6 Å². The molecule has 0 radical (unpaired) electrons. The summed E-state index contributed by atoms with van der Waals surface area (Å²) in [5.41, 5.74) is 1.50. The van der Waals surface area contributed by atoms with E-state index in [9.17, 15) is 0 Å². The molecule has 4 heteroatoms. The summed E-state index contributed by atoms with van der Waals surface area (Å²) in [6.07, 6.45) is 1.17. The third-order valence-electron chi connectivity index (χ3n) is 3.25. The summed E-state index contributed by atoms with van der Waals surface area (Å²) in [5, 5.41) is 3.52. The second-order valence-electron chi connectivity index (χ2n) is 5.43. The Morgan fingerprint density at radius 1 is 1.21 bits per heavy atom. The zero-order valence-corrected chi connectivity index (χ0v) is 15.3. The smallest absolute Gasteiger partial charge is 0.138 e. The van der Waals surface area contributed by atoms with Crippen molar-refractivity contribution in [1.82, 2.24) is 5.32 Å². The molecule has 0 bridgehead atoms. The standard InChI is InChI=1S/C15H23Br2NO/c1-5-15(3,4)10-18-9-11-7-12(16)8-13(17)14(11)19-6-2/h7-8,18H,5-6,9-10H2,1-4H3. The Morgan fingerprint density at radius 3 is 2.47 bits per heavy atom. The van der Waals surface area contributed by atoms with E-state index in [0.717, 1.165) is 27.8 Å². The molecule has 0 aliphatic rings. The molecule has 19 heavy (non-hydrogen) atoms. The highest BCUT2D eigenvalue weighted by molar-refractivity contribution is 9.11. The number of benzene rings is 1. The van der Waals surface area contributed by atoms with E-state index in [-0.39, 0.29) is 0 Å². The van der Waals surface area contributed by atoms with Gasteiger partial charge in [-0.15, -0.1) is 0 Å². The van der Waals surface area contributed by atoms with Crippen molar-refractivity contribution in [1.29, 1.82) is 0 Å². The average Bonchev–Trinajstić information content (AvgIpc) is 2.33. The lowest BCUT2D eigenvalue weighted by Gasteiger charge is -2.23. The van der Waals surface area contributed by atoms with Crippen LogP contribution in [0.2, 0.25) is 0 Å². The van der Waals surface area contributed by atoms with Gasteiger partial charge in [0.15, 0.2) is 0 Å². The highest BCUT2D eigenvalue weighted by Gasteiger charge is 2.15. The zero-order valence-electron chi connectivity index (χ0n) is 12.1. The van der Waals surface area contributed by atoms with Gasteiger partial charge in [-0.25, -0.2) is 0 Å². The van der Waals surface area contributed by atoms with Crippen LogP contribution < -0.4 is 10.1 Å². The number of halogens is 2. The third-order valence-corrected chi connectivity index (χ3v) is 4.30. The van der Waals surface area contributed by atoms with Crippen molar-refractivity contribution >= 4 is 31.9 Å². The van der Waals surface area contributed by atoms with Crippen LogP contribution in [0.25, 0.3) is 0 Å². The fourth-order valence-corrected chi connectivity index (χ4v) is 3.14. The maximum absolute atomic E-state index is 5.72. The lowest BCUT2D eigenvalue weighted by Crippen LogP contribution is -2.28. The van der Waals surface area contributed by atoms with Gasteiger partial charge in [-0.3, -0.25) is 0 Å². The molecule has 1 aromatic rings. The number of rotatable bonds is 7. The summed E-state index contributed by atoms with van der Waals surface area (Å²) in [4.78, 5) is 0. The molecule has 0 saturated carbocycles. The Labute approximate surface area is 133 Å². The molecule has 1 N–H and O–H groups in total. The molecule has 0 aliphatic heterocycles. The monoisotopic (exact) mass is 391 g/mol. The van der Waals surface area contributed by atoms with Crippen LogP contribution in [0, 0.1) is 5.41 Å². The molecular formula is C15H23Br2NO. The van der Waals surface area contributed by atoms with E-state index in [4.69, 9.17) is 4.74 Å². The van der Waals surface area contributed by atoms with Crippen molar-refractivity contribution < 1.29 is 4.74 Å². The number of ether oxygens (including phenoxy) is 1. The maximum atomic E-state index is 5.72. The number of hydrogen-bond acceptors (Lipinski definition) is 2. The van der Waals surface area contributed by atoms with E-state index in [0.29, 0.717) is 12.0 Å². The minimum atomic E-state index is 0.328. The zero-order chi connectivity index (χ0) is 14.5. The van der Waals surface area contributed by atoms with Crippen molar-refractivity contribution in [2.45, 2.75) is 40.7 Å². The largest absolute Gasteiger partial charge is 0.492 e. The van der Waals surface area contributed by atoms with E-state index < -0.39 is 0 Å². The van der Waals surface area contributed by atoms with Crippen LogP contribution in [0.5, 0.6) is 5.75 Å². The van der Waals surface area contributed by atoms with Gasteiger partial charge in [0.25, 0.3) is 0 Å². The van der Waals surface area contributed by atoms with Gasteiger partial charge in [0.1, 0.15) is 5.75 Å². The van der Waals surface area contributed by atoms with Crippen LogP contribution in [-0.2, 0) is 6.54 Å². The van der Waals surface area contributed by atoms with Crippen LogP contribution in [0.15, 0.2) is 21.1 Å². The van der Waals surface area contributed by atoms with E-state index >= 15 is 0 Å². The average molecular weight is 393 g/mol. The minimum Gasteiger partial charge on any atom is -0.492 e. The number of nitrogens with one attached hydrogen (secondary N) is 1. The first-order valence-electron chi connectivity index (χ1n) is 6.71. The molecule has 108 valence electrons. The fraction of sp³-hybridized carbons (Fsp3) is 0.600. The Kier molecular flexibility index (Phi) is 6.84. The maximum Gasteiger partial charge on any atom is 0.138 e. The number of hydrogen-bond donors (Lipinski definition) is 1. The lowest BCUT2D eigenvalue weighted by atomic mass is 9.90. The summed E-state index contributed by atoms with van der Waals surface area (Å²) < 4.78 is 7.78. The molecule has 0 amide bonds. The highest BCUT2D eigenvalue weighted by Crippen LogP contribution is 2.33. The predicted molar refractivity (Wildman–Crippen MR) is 88.8 cm³/mol. The molecule has 1 rings (SSSR count).